The first-order chi connectivity index (χ1) is 13.2. The molecule has 1 aliphatic heterocycles. The van der Waals surface area contributed by atoms with Gasteiger partial charge in [-0.2, -0.15) is 0 Å². The van der Waals surface area contributed by atoms with Crippen LogP contribution in [0.4, 0.5) is 0 Å². The van der Waals surface area contributed by atoms with Crippen molar-refractivity contribution in [1.82, 2.24) is 9.62 Å². The number of ether oxygens (including phenoxy) is 1. The number of nitrogens with one attached hydrogen (secondary N) is 1. The van der Waals surface area contributed by atoms with E-state index in [2.05, 4.69) is 53.2 Å². The van der Waals surface area contributed by atoms with Gasteiger partial charge in [0.1, 0.15) is 0 Å². The molecule has 4 nitrogen and oxygen atoms in total. The summed E-state index contributed by atoms with van der Waals surface area (Å²) in [6.07, 6.45) is 3.69. The van der Waals surface area contributed by atoms with Gasteiger partial charge in [-0.3, -0.25) is 4.79 Å². The number of carbonyl (C=O) groups is 1. The molecule has 0 bridgehead atoms. The summed E-state index contributed by atoms with van der Waals surface area (Å²) in [7, 11) is 0. The Kier molecular flexibility index (Phi) is 7.51. The van der Waals surface area contributed by atoms with Gasteiger partial charge in [-0.15, -0.1) is 0 Å². The maximum Gasteiger partial charge on any atom is 0.251 e. The van der Waals surface area contributed by atoms with Crippen LogP contribution in [0.2, 0.25) is 0 Å². The minimum Gasteiger partial charge on any atom is -0.379 e. The van der Waals surface area contributed by atoms with E-state index >= 15 is 0 Å². The molecule has 6 heteroatoms. The van der Waals surface area contributed by atoms with Gasteiger partial charge in [0.25, 0.3) is 5.91 Å². The Hall–Kier alpha value is -0.560. The lowest BCUT2D eigenvalue weighted by molar-refractivity contribution is 0.0773. The molecular formula is C22H33BrN2O2S. The number of benzene rings is 1. The van der Waals surface area contributed by atoms with Crippen LogP contribution < -0.4 is 5.32 Å². The second kappa shape index (κ2) is 9.50. The number of nitrogens with zero attached hydrogens (tertiary/aromatic N) is 1. The van der Waals surface area contributed by atoms with Crippen LogP contribution in [-0.2, 0) is 4.74 Å². The van der Waals surface area contributed by atoms with Gasteiger partial charge >= 0.3 is 0 Å². The average Bonchev–Trinajstić information content (AvgIpc) is 3.15. The molecule has 3 atom stereocenters. The van der Waals surface area contributed by atoms with Crippen molar-refractivity contribution >= 4 is 33.8 Å². The van der Waals surface area contributed by atoms with Crippen LogP contribution in [0.25, 0.3) is 0 Å². The predicted octanol–water partition coefficient (Wildman–Crippen LogP) is 5.37. The zero-order chi connectivity index (χ0) is 20.3. The molecule has 156 valence electrons. The molecule has 2 fully saturated rings. The van der Waals surface area contributed by atoms with Gasteiger partial charge in [-0.25, -0.2) is 4.31 Å². The molecule has 2 aliphatic rings. The van der Waals surface area contributed by atoms with Crippen LogP contribution in [0, 0.1) is 17.3 Å². The number of amides is 1. The van der Waals surface area contributed by atoms with Crippen molar-refractivity contribution in [3.63, 3.8) is 0 Å². The van der Waals surface area contributed by atoms with Gasteiger partial charge in [0, 0.05) is 34.1 Å². The molecule has 0 aromatic heterocycles. The van der Waals surface area contributed by atoms with E-state index in [0.29, 0.717) is 11.3 Å². The van der Waals surface area contributed by atoms with Gasteiger partial charge in [-0.1, -0.05) is 20.8 Å². The fourth-order valence-corrected chi connectivity index (χ4v) is 5.57. The van der Waals surface area contributed by atoms with E-state index in [9.17, 15) is 4.79 Å². The summed E-state index contributed by atoms with van der Waals surface area (Å²) >= 11 is 5.32. The van der Waals surface area contributed by atoms with Gasteiger partial charge in [0.15, 0.2) is 0 Å². The first-order valence-electron chi connectivity index (χ1n) is 10.3. The second-order valence-electron chi connectivity index (χ2n) is 9.18. The summed E-state index contributed by atoms with van der Waals surface area (Å²) in [5, 5.41) is 3.26. The standard InChI is InChI=1S/C22H33BrN2O2S/c1-15(16-5-7-18(13-16)22(2,3)4)24-21(26)17-6-8-19(23)20(14-17)28-25-9-11-27-12-10-25/h6,8,14-16,18H,5,7,9-13H2,1-4H3,(H,24,26). The monoisotopic (exact) mass is 468 g/mol. The number of halogens is 1. The summed E-state index contributed by atoms with van der Waals surface area (Å²) in [6, 6.07) is 6.09. The largest absolute Gasteiger partial charge is 0.379 e. The minimum atomic E-state index is 0.0306. The summed E-state index contributed by atoms with van der Waals surface area (Å²) < 4.78 is 8.74. The van der Waals surface area contributed by atoms with E-state index in [4.69, 9.17) is 4.74 Å². The molecule has 0 radical (unpaired) electrons. The fourth-order valence-electron chi connectivity index (χ4n) is 4.16. The normalized spacial score (nSPS) is 24.9. The Balaban J connectivity index is 1.60. The molecule has 28 heavy (non-hydrogen) atoms. The quantitative estimate of drug-likeness (QED) is 0.589. The summed E-state index contributed by atoms with van der Waals surface area (Å²) in [5.74, 6) is 1.36. The highest BCUT2D eigenvalue weighted by Gasteiger charge is 2.35. The molecule has 0 spiro atoms. The molecule has 1 saturated carbocycles. The Morgan fingerprint density at radius 1 is 1.29 bits per heavy atom. The SMILES string of the molecule is CC(NC(=O)c1ccc(Br)c(SN2CCOCC2)c1)C1CCC(C(C)(C)C)C1. The summed E-state index contributed by atoms with van der Waals surface area (Å²) in [4.78, 5) is 14.0. The van der Waals surface area contributed by atoms with Gasteiger partial charge in [-0.05, 0) is 89.5 Å². The van der Waals surface area contributed by atoms with Crippen molar-refractivity contribution < 1.29 is 9.53 Å². The van der Waals surface area contributed by atoms with Crippen LogP contribution in [0.3, 0.4) is 0 Å². The lowest BCUT2D eigenvalue weighted by Gasteiger charge is -2.28. The molecule has 1 N–H and O–H groups in total. The lowest BCUT2D eigenvalue weighted by atomic mass is 9.79. The molecule has 1 saturated heterocycles. The van der Waals surface area contributed by atoms with E-state index in [-0.39, 0.29) is 11.9 Å². The van der Waals surface area contributed by atoms with Crippen LogP contribution in [0.15, 0.2) is 27.6 Å². The zero-order valence-electron chi connectivity index (χ0n) is 17.5. The highest BCUT2D eigenvalue weighted by Crippen LogP contribution is 2.43. The average molecular weight is 469 g/mol. The van der Waals surface area contributed by atoms with E-state index < -0.39 is 0 Å². The number of carbonyl (C=O) groups excluding carboxylic acids is 1. The van der Waals surface area contributed by atoms with Crippen LogP contribution >= 0.6 is 27.9 Å². The number of rotatable bonds is 5. The van der Waals surface area contributed by atoms with Crippen molar-refractivity contribution in [2.75, 3.05) is 26.3 Å². The van der Waals surface area contributed by atoms with Gasteiger partial charge in [0.05, 0.1) is 13.2 Å². The first kappa shape index (κ1) is 22.1. The molecule has 1 amide bonds. The lowest BCUT2D eigenvalue weighted by Crippen LogP contribution is -2.37. The number of morpholine rings is 1. The Bertz CT molecular complexity index is 686. The van der Waals surface area contributed by atoms with E-state index in [1.165, 1.54) is 19.3 Å². The second-order valence-corrected chi connectivity index (χ2v) is 11.2. The molecule has 3 unspecified atom stereocenters. The molecule has 3 rings (SSSR count). The highest BCUT2D eigenvalue weighted by atomic mass is 79.9. The maximum absolute atomic E-state index is 12.9. The third-order valence-electron chi connectivity index (χ3n) is 6.15. The fraction of sp³-hybridized carbons (Fsp3) is 0.682. The predicted molar refractivity (Wildman–Crippen MR) is 120 cm³/mol. The van der Waals surface area contributed by atoms with Gasteiger partial charge < -0.3 is 10.1 Å². The highest BCUT2D eigenvalue weighted by molar-refractivity contribution is 9.10. The smallest absolute Gasteiger partial charge is 0.251 e. The Labute approximate surface area is 182 Å². The van der Waals surface area contributed by atoms with Crippen LogP contribution in [0.1, 0.15) is 57.3 Å². The maximum atomic E-state index is 12.9. The summed E-state index contributed by atoms with van der Waals surface area (Å²) in [5.41, 5.74) is 1.09. The zero-order valence-corrected chi connectivity index (χ0v) is 19.9. The first-order valence-corrected chi connectivity index (χ1v) is 11.9. The van der Waals surface area contributed by atoms with Crippen molar-refractivity contribution in [3.8, 4) is 0 Å². The third kappa shape index (κ3) is 5.74. The van der Waals surface area contributed by atoms with Crippen molar-refractivity contribution in [2.24, 2.45) is 17.3 Å². The molecule has 1 heterocycles. The molecular weight excluding hydrogens is 436 g/mol. The number of hydrogen-bond acceptors (Lipinski definition) is 4. The van der Waals surface area contributed by atoms with Crippen molar-refractivity contribution in [2.45, 2.75) is 57.9 Å². The molecule has 1 aromatic carbocycles. The molecule has 1 aromatic rings. The van der Waals surface area contributed by atoms with Gasteiger partial charge in [0.2, 0.25) is 0 Å². The minimum absolute atomic E-state index is 0.0306. The van der Waals surface area contributed by atoms with Crippen LogP contribution in [0.5, 0.6) is 0 Å². The summed E-state index contributed by atoms with van der Waals surface area (Å²) in [6.45, 7) is 12.5. The van der Waals surface area contributed by atoms with Crippen molar-refractivity contribution in [3.05, 3.63) is 28.2 Å². The Morgan fingerprint density at radius 2 is 2.00 bits per heavy atom. The van der Waals surface area contributed by atoms with Crippen molar-refractivity contribution in [1.29, 1.82) is 0 Å². The van der Waals surface area contributed by atoms with E-state index in [1.54, 1.807) is 11.9 Å². The van der Waals surface area contributed by atoms with E-state index in [1.807, 2.05) is 18.2 Å². The third-order valence-corrected chi connectivity index (χ3v) is 8.27. The topological polar surface area (TPSA) is 41.6 Å². The Morgan fingerprint density at radius 3 is 2.64 bits per heavy atom. The van der Waals surface area contributed by atoms with Crippen LogP contribution in [-0.4, -0.2) is 42.6 Å². The number of hydrogen-bond donors (Lipinski definition) is 1. The molecule has 1 aliphatic carbocycles. The van der Waals surface area contributed by atoms with E-state index in [0.717, 1.165) is 47.2 Å².